The summed E-state index contributed by atoms with van der Waals surface area (Å²) in [5.41, 5.74) is 23.4. The summed E-state index contributed by atoms with van der Waals surface area (Å²) < 4.78 is 0. The van der Waals surface area contributed by atoms with Gasteiger partial charge in [0.25, 0.3) is 0 Å². The first-order valence-corrected chi connectivity index (χ1v) is 36.2. The number of nitrogens with zero attached hydrogens (tertiary/aromatic N) is 21. The number of pyridine rings is 1. The van der Waals surface area contributed by atoms with Gasteiger partial charge in [-0.25, -0.2) is 49.8 Å². The van der Waals surface area contributed by atoms with Crippen LogP contribution >= 0.6 is 11.3 Å². The summed E-state index contributed by atoms with van der Waals surface area (Å²) in [5, 5.41) is 3.36. The summed E-state index contributed by atoms with van der Waals surface area (Å²) in [6.07, 6.45) is 27.6. The Morgan fingerprint density at radius 1 is 0.276 bits per heavy atom. The van der Waals surface area contributed by atoms with Crippen molar-refractivity contribution in [2.75, 3.05) is 56.0 Å². The van der Waals surface area contributed by atoms with E-state index in [9.17, 15) is 0 Å². The molecule has 21 nitrogen and oxygen atoms in total. The van der Waals surface area contributed by atoms with Crippen molar-refractivity contribution in [3.05, 3.63) is 314 Å². The van der Waals surface area contributed by atoms with Gasteiger partial charge in [0.05, 0.1) is 36.0 Å². The number of hydrogen-bond acceptors (Lipinski definition) is 22. The quantitative estimate of drug-likeness (QED) is 0.163. The predicted octanol–water partition coefficient (Wildman–Crippen LogP) is 16.3. The second-order valence-corrected chi connectivity index (χ2v) is 27.9. The van der Waals surface area contributed by atoms with E-state index < -0.39 is 0 Å². The van der Waals surface area contributed by atoms with Crippen LogP contribution in [0.5, 0.6) is 0 Å². The lowest BCUT2D eigenvalue weighted by atomic mass is 10.1. The van der Waals surface area contributed by atoms with Crippen LogP contribution in [0.25, 0.3) is 0 Å². The first-order valence-electron chi connectivity index (χ1n) is 35.3. The van der Waals surface area contributed by atoms with Crippen molar-refractivity contribution < 1.29 is 0 Å². The van der Waals surface area contributed by atoms with Gasteiger partial charge in [0, 0.05) is 97.0 Å². The third-order valence-corrected chi connectivity index (χ3v) is 22.3. The minimum absolute atomic E-state index is 0.214. The van der Waals surface area contributed by atoms with E-state index in [-0.39, 0.29) is 24.7 Å². The molecule has 0 spiro atoms. The van der Waals surface area contributed by atoms with Crippen LogP contribution < -0.4 is 49.0 Å². The molecule has 5 atom stereocenters. The largest absolute Gasteiger partial charge is 0.349 e. The predicted molar refractivity (Wildman–Crippen MR) is 414 cm³/mol. The Morgan fingerprint density at radius 2 is 0.610 bits per heavy atom. The summed E-state index contributed by atoms with van der Waals surface area (Å²) in [7, 11) is 2.11. The Hall–Kier alpha value is -13.2. The van der Waals surface area contributed by atoms with E-state index in [4.69, 9.17) is 0 Å². The van der Waals surface area contributed by atoms with Crippen molar-refractivity contribution in [1.29, 1.82) is 0 Å². The molecule has 0 fully saturated rings. The van der Waals surface area contributed by atoms with E-state index in [2.05, 4.69) is 305 Å². The number of benzene rings is 7. The molecule has 510 valence electrons. The zero-order valence-corrected chi connectivity index (χ0v) is 58.1. The van der Waals surface area contributed by atoms with Gasteiger partial charge in [-0.3, -0.25) is 4.98 Å². The smallest absolute Gasteiger partial charge is 0.162 e. The normalized spacial score (nSPS) is 18.5. The van der Waals surface area contributed by atoms with Crippen molar-refractivity contribution in [1.82, 2.24) is 54.8 Å². The average Bonchev–Trinajstić information content (AvgIpc) is 1.59. The van der Waals surface area contributed by atoms with Crippen LogP contribution in [0.1, 0.15) is 33.4 Å². The van der Waals surface area contributed by atoms with Crippen LogP contribution in [-0.2, 0) is 32.1 Å². The van der Waals surface area contributed by atoms with Crippen LogP contribution in [0, 0.1) is 6.92 Å². The molecular weight excluding hydrogens is 1320 g/mol. The van der Waals surface area contributed by atoms with E-state index in [1.165, 1.54) is 78.2 Å². The highest BCUT2D eigenvalue weighted by atomic mass is 32.1. The van der Waals surface area contributed by atoms with Crippen molar-refractivity contribution in [3.63, 3.8) is 0 Å². The van der Waals surface area contributed by atoms with Gasteiger partial charge in [-0.2, -0.15) is 0 Å². The maximum absolute atomic E-state index is 4.59. The molecule has 0 radical (unpaired) electrons. The van der Waals surface area contributed by atoms with Crippen LogP contribution in [0.3, 0.4) is 0 Å². The molecule has 14 aromatic rings. The molecule has 22 heteroatoms. The van der Waals surface area contributed by atoms with Gasteiger partial charge in [0.1, 0.15) is 90.9 Å². The zero-order valence-electron chi connectivity index (χ0n) is 57.3. The van der Waals surface area contributed by atoms with Crippen molar-refractivity contribution >= 4 is 119 Å². The highest BCUT2D eigenvalue weighted by molar-refractivity contribution is 7.14. The van der Waals surface area contributed by atoms with Crippen molar-refractivity contribution in [2.45, 2.75) is 69.9 Å². The molecule has 0 amide bonds. The Labute approximate surface area is 610 Å². The van der Waals surface area contributed by atoms with E-state index >= 15 is 0 Å². The maximum Gasteiger partial charge on any atom is 0.162 e. The number of hydrogen-bond donors (Lipinski definition) is 0. The molecule has 0 aliphatic carbocycles. The minimum atomic E-state index is 0.214. The third-order valence-electron chi connectivity index (χ3n) is 21.4. The summed E-state index contributed by atoms with van der Waals surface area (Å²) in [4.78, 5) is 71.1. The molecule has 105 heavy (non-hydrogen) atoms. The first-order chi connectivity index (χ1) is 52.0. The minimum Gasteiger partial charge on any atom is -0.349 e. The highest BCUT2D eigenvalue weighted by Gasteiger charge is 2.49. The standard InChI is InChI=1S/C19H16N4.C18H14N4.C17H13N5.C16H12N4S.C13H12N4/c1-13-6-2-4-8-15(13)23-18-10-14-7-3-5-9-16(14)22(18)17-11-20-12-21-19(17)23;1-2-7-14(8-3-1)21-17-10-13-6-4-5-9-15(13)22(17)16-11-19-12-20-18(16)21;1-2-4-14-12(3-1)9-16-21(13-5-7-18-8-6-13)15-10-19-11-20-17(15)22(14)16;1-2-5-12-11(4-1)8-14-19(15-6-3-7-21-15)13-9-17-10-18-16(13)20(12)14;1-16-11-7-14-8-15-13(11)17-10-5-3-2-4-9(10)6-12(16)17/h2-9,11-12,18H,10H2,1H3;1-9,11-12,17H,10H2;1-8,10-11,16H,9H2;1-7,9-10,14H,8H2;2-5,7-8,12H,6H2,1H3. The number of para-hydroxylation sites is 7. The van der Waals surface area contributed by atoms with E-state index in [1.807, 2.05) is 61.6 Å². The average molecular weight is 1390 g/mol. The number of anilines is 19. The number of rotatable bonds is 4. The topological polar surface area (TPSA) is 174 Å². The SMILES string of the molecule is CN1c2cncnc2N2c3ccccc3CC12.Cc1ccccc1N1c2ncncc2N2c3ccccc3CC21.c1ccc(N2c3ncncc3N3c4ccccc4CC32)cc1.c1ccc2c(c1)CC1N(c3ccncc3)c3cncnc3N21.c1csc(N2c3cncnc3N3c4ccccc4CC23)c1. The molecule has 5 unspecified atom stereocenters. The molecule has 0 saturated heterocycles. The fourth-order valence-electron chi connectivity index (χ4n) is 17.0. The lowest BCUT2D eigenvalue weighted by Crippen LogP contribution is -2.36. The molecule has 17 heterocycles. The Bertz CT molecular complexity index is 5420. The van der Waals surface area contributed by atoms with Gasteiger partial charge in [0.2, 0.25) is 0 Å². The number of fused-ring (bicyclic) bond motifs is 25. The van der Waals surface area contributed by atoms with Crippen molar-refractivity contribution in [2.24, 2.45) is 0 Å². The molecular formula is C83H67N21S. The van der Waals surface area contributed by atoms with E-state index in [0.29, 0.717) is 6.17 Å². The monoisotopic (exact) mass is 1390 g/mol. The number of aryl methyl sites for hydroxylation is 1. The lowest BCUT2D eigenvalue weighted by molar-refractivity contribution is 0.701. The third kappa shape index (κ3) is 10.1. The highest BCUT2D eigenvalue weighted by Crippen LogP contribution is 2.57. The van der Waals surface area contributed by atoms with Gasteiger partial charge in [-0.15, -0.1) is 11.3 Å². The number of likely N-dealkylation sites (N-methyl/N-ethyl adjacent to an activating group) is 1. The molecule has 10 aliphatic heterocycles. The molecule has 7 aromatic heterocycles. The van der Waals surface area contributed by atoms with Crippen LogP contribution in [0.15, 0.2) is 281 Å². The molecule has 10 aliphatic rings. The van der Waals surface area contributed by atoms with Crippen molar-refractivity contribution in [3.8, 4) is 0 Å². The second-order valence-electron chi connectivity index (χ2n) is 26.9. The summed E-state index contributed by atoms with van der Waals surface area (Å²) in [5.74, 6) is 4.99. The lowest BCUT2D eigenvalue weighted by Gasteiger charge is -2.28. The summed E-state index contributed by atoms with van der Waals surface area (Å²) in [6, 6.07) is 70.1. The Balaban J connectivity index is 0.0000000874. The van der Waals surface area contributed by atoms with Crippen LogP contribution in [-0.4, -0.2) is 92.7 Å². The molecule has 7 aromatic carbocycles. The molecule has 0 saturated carbocycles. The van der Waals surface area contributed by atoms with Gasteiger partial charge >= 0.3 is 0 Å². The molecule has 24 rings (SSSR count). The van der Waals surface area contributed by atoms with E-state index in [0.717, 1.165) is 95.3 Å². The maximum atomic E-state index is 4.59. The van der Waals surface area contributed by atoms with Crippen LogP contribution in [0.4, 0.5) is 108 Å². The van der Waals surface area contributed by atoms with Crippen LogP contribution in [0.2, 0.25) is 0 Å². The van der Waals surface area contributed by atoms with Gasteiger partial charge in [-0.05, 0) is 118 Å². The number of thiophene rings is 1. The Morgan fingerprint density at radius 3 is 1.08 bits per heavy atom. The fourth-order valence-corrected chi connectivity index (χ4v) is 17.8. The fraction of sp³-hybridized carbons (Fsp3) is 0.145. The van der Waals surface area contributed by atoms with Gasteiger partial charge in [0.15, 0.2) is 29.1 Å². The summed E-state index contributed by atoms with van der Waals surface area (Å²) >= 11 is 1.76. The summed E-state index contributed by atoms with van der Waals surface area (Å²) in [6.45, 7) is 2.15. The zero-order chi connectivity index (χ0) is 69.6. The Kier molecular flexibility index (Phi) is 14.9. The molecule has 0 bridgehead atoms. The van der Waals surface area contributed by atoms with Gasteiger partial charge < -0.3 is 49.0 Å². The molecule has 0 N–H and O–H groups in total. The van der Waals surface area contributed by atoms with Gasteiger partial charge in [-0.1, -0.05) is 127 Å². The van der Waals surface area contributed by atoms with E-state index in [1.54, 1.807) is 43.0 Å². The first kappa shape index (κ1) is 61.6. The number of aromatic nitrogens is 11. The second kappa shape index (κ2) is 25.4.